The molecule has 3 heterocycles. The summed E-state index contributed by atoms with van der Waals surface area (Å²) in [6.45, 7) is 9.68. The van der Waals surface area contributed by atoms with Gasteiger partial charge in [-0.1, -0.05) is 18.2 Å². The third kappa shape index (κ3) is 4.91. The van der Waals surface area contributed by atoms with Crippen LogP contribution in [0.3, 0.4) is 0 Å². The number of nitrogens with zero attached hydrogens (tertiary/aromatic N) is 5. The Kier molecular flexibility index (Phi) is 6.48. The quantitative estimate of drug-likeness (QED) is 0.528. The monoisotopic (exact) mass is 468 g/mol. The van der Waals surface area contributed by atoms with E-state index in [1.807, 2.05) is 22.3 Å². The molecule has 1 saturated heterocycles. The fourth-order valence-corrected chi connectivity index (χ4v) is 4.64. The molecule has 1 N–H and O–H groups in total. The fraction of sp³-hybridized carbons (Fsp3) is 0.348. The summed E-state index contributed by atoms with van der Waals surface area (Å²) in [5.41, 5.74) is 2.89. The van der Waals surface area contributed by atoms with E-state index in [0.29, 0.717) is 30.2 Å². The minimum absolute atomic E-state index is 0.0216. The zero-order valence-corrected chi connectivity index (χ0v) is 19.7. The van der Waals surface area contributed by atoms with Crippen molar-refractivity contribution in [1.82, 2.24) is 24.2 Å². The molecule has 0 aliphatic carbocycles. The zero-order valence-electron chi connectivity index (χ0n) is 18.9. The van der Waals surface area contributed by atoms with Crippen molar-refractivity contribution < 1.29 is 13.2 Å². The average molecular weight is 469 g/mol. The summed E-state index contributed by atoms with van der Waals surface area (Å²) in [6, 6.07) is 6.59. The maximum absolute atomic E-state index is 12.9. The second-order valence-electron chi connectivity index (χ2n) is 8.17. The number of piperazine rings is 1. The smallest absolute Gasteiger partial charge is 0.242 e. The highest BCUT2D eigenvalue weighted by atomic mass is 32.2. The first-order chi connectivity index (χ1) is 15.8. The Morgan fingerprint density at radius 1 is 1.15 bits per heavy atom. The van der Waals surface area contributed by atoms with E-state index >= 15 is 0 Å². The summed E-state index contributed by atoms with van der Waals surface area (Å²) in [5, 5.41) is 3.29. The van der Waals surface area contributed by atoms with Crippen LogP contribution >= 0.6 is 0 Å². The first-order valence-corrected chi connectivity index (χ1v) is 12.7. The van der Waals surface area contributed by atoms with E-state index < -0.39 is 9.84 Å². The van der Waals surface area contributed by atoms with E-state index in [9.17, 15) is 13.2 Å². The second-order valence-corrected chi connectivity index (χ2v) is 10.2. The second kappa shape index (κ2) is 9.32. The summed E-state index contributed by atoms with van der Waals surface area (Å²) < 4.78 is 25.6. The molecule has 1 aliphatic heterocycles. The van der Waals surface area contributed by atoms with E-state index in [4.69, 9.17) is 4.98 Å². The number of rotatable bonds is 7. The lowest BCUT2D eigenvalue weighted by atomic mass is 10.1. The van der Waals surface area contributed by atoms with Crippen molar-refractivity contribution in [2.45, 2.75) is 11.8 Å². The van der Waals surface area contributed by atoms with Crippen LogP contribution in [0.25, 0.3) is 16.9 Å². The molecule has 1 aliphatic rings. The van der Waals surface area contributed by atoms with Gasteiger partial charge < -0.3 is 10.2 Å². The SMILES string of the molecule is C=CCN1CCN(C(=O)CNc2c(-c3ccc(S(C)(=O)=O)cc3)nc3cncc(C)n23)CC1. The molecule has 1 aromatic carbocycles. The topological polar surface area (TPSA) is 99.9 Å². The molecule has 4 rings (SSSR count). The first-order valence-electron chi connectivity index (χ1n) is 10.8. The standard InChI is InChI=1S/C23H28N6O3S/c1-4-9-27-10-12-28(13-11-27)21(30)16-25-23-22(26-20-15-24-14-17(2)29(20)23)18-5-7-19(8-6-18)33(3,31)32/h4-8,14-15,25H,1,9-13,16H2,2-3H3. The first kappa shape index (κ1) is 22.9. The number of imidazole rings is 1. The molecule has 0 radical (unpaired) electrons. The van der Waals surface area contributed by atoms with Crippen LogP contribution in [0.1, 0.15) is 5.69 Å². The minimum Gasteiger partial charge on any atom is -0.360 e. The fourth-order valence-electron chi connectivity index (χ4n) is 4.01. The Morgan fingerprint density at radius 3 is 2.48 bits per heavy atom. The summed E-state index contributed by atoms with van der Waals surface area (Å²) in [7, 11) is -3.30. The molecule has 2 aromatic heterocycles. The maximum atomic E-state index is 12.9. The number of aromatic nitrogens is 3. The Bertz CT molecular complexity index is 1280. The molecule has 9 nitrogen and oxygen atoms in total. The van der Waals surface area contributed by atoms with Crippen LogP contribution in [0.15, 0.2) is 54.2 Å². The van der Waals surface area contributed by atoms with Gasteiger partial charge in [-0.2, -0.15) is 0 Å². The molecule has 1 amide bonds. The molecule has 33 heavy (non-hydrogen) atoms. The number of hydrogen-bond donors (Lipinski definition) is 1. The van der Waals surface area contributed by atoms with Gasteiger partial charge in [0.15, 0.2) is 15.5 Å². The molecule has 0 atom stereocenters. The number of carbonyl (C=O) groups excluding carboxylic acids is 1. The molecular weight excluding hydrogens is 440 g/mol. The normalized spacial score (nSPS) is 15.0. The number of amides is 1. The van der Waals surface area contributed by atoms with Crippen LogP contribution < -0.4 is 5.32 Å². The molecule has 174 valence electrons. The Hall–Kier alpha value is -3.24. The van der Waals surface area contributed by atoms with Crippen molar-refractivity contribution in [3.63, 3.8) is 0 Å². The van der Waals surface area contributed by atoms with Crippen molar-refractivity contribution in [2.75, 3.05) is 50.8 Å². The number of nitrogens with one attached hydrogen (secondary N) is 1. The van der Waals surface area contributed by atoms with Gasteiger partial charge in [-0.15, -0.1) is 6.58 Å². The van der Waals surface area contributed by atoms with Crippen LogP contribution in [0.4, 0.5) is 5.82 Å². The third-order valence-corrected chi connectivity index (χ3v) is 6.91. The van der Waals surface area contributed by atoms with Gasteiger partial charge in [-0.3, -0.25) is 19.1 Å². The van der Waals surface area contributed by atoms with Crippen molar-refractivity contribution in [2.24, 2.45) is 0 Å². The number of aryl methyl sites for hydroxylation is 1. The summed E-state index contributed by atoms with van der Waals surface area (Å²) in [6.07, 6.45) is 6.45. The van der Waals surface area contributed by atoms with Gasteiger partial charge in [0, 0.05) is 56.4 Å². The van der Waals surface area contributed by atoms with E-state index in [0.717, 1.165) is 30.9 Å². The lowest BCUT2D eigenvalue weighted by Crippen LogP contribution is -2.50. The van der Waals surface area contributed by atoms with Gasteiger partial charge in [0.1, 0.15) is 11.5 Å². The lowest BCUT2D eigenvalue weighted by Gasteiger charge is -2.34. The summed E-state index contributed by atoms with van der Waals surface area (Å²) in [5.74, 6) is 0.698. The van der Waals surface area contributed by atoms with Crippen LogP contribution in [0, 0.1) is 6.92 Å². The van der Waals surface area contributed by atoms with Crippen LogP contribution in [-0.4, -0.2) is 84.0 Å². The minimum atomic E-state index is -3.30. The zero-order chi connectivity index (χ0) is 23.6. The van der Waals surface area contributed by atoms with Crippen LogP contribution in [0.5, 0.6) is 0 Å². The lowest BCUT2D eigenvalue weighted by molar-refractivity contribution is -0.130. The number of hydrogen-bond acceptors (Lipinski definition) is 7. The molecule has 0 spiro atoms. The van der Waals surface area contributed by atoms with Gasteiger partial charge >= 0.3 is 0 Å². The predicted octanol–water partition coefficient (Wildman–Crippen LogP) is 1.85. The van der Waals surface area contributed by atoms with Crippen molar-refractivity contribution >= 4 is 27.2 Å². The predicted molar refractivity (Wildman–Crippen MR) is 128 cm³/mol. The summed E-state index contributed by atoms with van der Waals surface area (Å²) >= 11 is 0. The molecule has 1 fully saturated rings. The van der Waals surface area contributed by atoms with E-state index in [1.54, 1.807) is 36.7 Å². The highest BCUT2D eigenvalue weighted by Crippen LogP contribution is 2.30. The third-order valence-electron chi connectivity index (χ3n) is 5.78. The highest BCUT2D eigenvalue weighted by molar-refractivity contribution is 7.90. The van der Waals surface area contributed by atoms with Gasteiger partial charge in [-0.25, -0.2) is 13.4 Å². The molecule has 0 bridgehead atoms. The van der Waals surface area contributed by atoms with Gasteiger partial charge in [0.25, 0.3) is 0 Å². The van der Waals surface area contributed by atoms with Crippen molar-refractivity contribution in [1.29, 1.82) is 0 Å². The van der Waals surface area contributed by atoms with E-state index in [-0.39, 0.29) is 17.3 Å². The molecule has 3 aromatic rings. The average Bonchev–Trinajstić information content (AvgIpc) is 3.17. The number of benzene rings is 1. The van der Waals surface area contributed by atoms with Crippen molar-refractivity contribution in [3.05, 3.63) is 55.0 Å². The van der Waals surface area contributed by atoms with Crippen LogP contribution in [0.2, 0.25) is 0 Å². The van der Waals surface area contributed by atoms with E-state index in [2.05, 4.69) is 21.8 Å². The molecular formula is C23H28N6O3S. The Morgan fingerprint density at radius 2 is 1.85 bits per heavy atom. The number of fused-ring (bicyclic) bond motifs is 1. The van der Waals surface area contributed by atoms with Gasteiger partial charge in [0.2, 0.25) is 5.91 Å². The number of sulfone groups is 1. The Labute approximate surface area is 193 Å². The number of anilines is 1. The van der Waals surface area contributed by atoms with Crippen molar-refractivity contribution in [3.8, 4) is 11.3 Å². The van der Waals surface area contributed by atoms with E-state index in [1.165, 1.54) is 6.26 Å². The molecule has 10 heteroatoms. The Balaban J connectivity index is 1.59. The molecule has 0 unspecified atom stereocenters. The van der Waals surface area contributed by atoms with Crippen LogP contribution in [-0.2, 0) is 14.6 Å². The number of carbonyl (C=O) groups is 1. The molecule has 0 saturated carbocycles. The largest absolute Gasteiger partial charge is 0.360 e. The van der Waals surface area contributed by atoms with Gasteiger partial charge in [0.05, 0.1) is 17.6 Å². The maximum Gasteiger partial charge on any atom is 0.242 e. The van der Waals surface area contributed by atoms with Gasteiger partial charge in [-0.05, 0) is 19.1 Å². The summed E-state index contributed by atoms with van der Waals surface area (Å²) in [4.78, 5) is 26.2. The highest BCUT2D eigenvalue weighted by Gasteiger charge is 2.22.